The summed E-state index contributed by atoms with van der Waals surface area (Å²) in [7, 11) is 0. The van der Waals surface area contributed by atoms with Gasteiger partial charge < -0.3 is 4.74 Å². The van der Waals surface area contributed by atoms with Gasteiger partial charge in [-0.3, -0.25) is 9.59 Å². The molecule has 3 heteroatoms. The normalized spacial score (nSPS) is 23.7. The summed E-state index contributed by atoms with van der Waals surface area (Å²) < 4.78 is 5.60. The molecule has 0 spiro atoms. The van der Waals surface area contributed by atoms with E-state index >= 15 is 0 Å². The Morgan fingerprint density at radius 1 is 0.750 bits per heavy atom. The van der Waals surface area contributed by atoms with Gasteiger partial charge in [-0.05, 0) is 23.5 Å². The SMILES string of the molecule is O=C1CC(c2ccccc2)CC2=C1CC(c1ccccc1)C(=O)O2. The molecule has 0 bridgehead atoms. The van der Waals surface area contributed by atoms with Crippen LogP contribution in [0.3, 0.4) is 0 Å². The topological polar surface area (TPSA) is 43.4 Å². The largest absolute Gasteiger partial charge is 0.430 e. The van der Waals surface area contributed by atoms with Crippen molar-refractivity contribution >= 4 is 11.8 Å². The molecule has 0 fully saturated rings. The molecule has 2 aromatic rings. The second-order valence-corrected chi connectivity index (χ2v) is 6.43. The fraction of sp³-hybridized carbons (Fsp3) is 0.238. The summed E-state index contributed by atoms with van der Waals surface area (Å²) in [6.07, 6.45) is 1.57. The smallest absolute Gasteiger partial charge is 0.318 e. The van der Waals surface area contributed by atoms with Gasteiger partial charge in [0.25, 0.3) is 0 Å². The highest BCUT2D eigenvalue weighted by atomic mass is 16.5. The predicted molar refractivity (Wildman–Crippen MR) is 90.3 cm³/mol. The van der Waals surface area contributed by atoms with Crippen LogP contribution in [0.2, 0.25) is 0 Å². The van der Waals surface area contributed by atoms with Crippen molar-refractivity contribution in [1.82, 2.24) is 0 Å². The molecule has 0 aromatic heterocycles. The molecule has 2 aliphatic rings. The highest BCUT2D eigenvalue weighted by Crippen LogP contribution is 2.42. The molecule has 4 rings (SSSR count). The Kier molecular flexibility index (Phi) is 3.77. The number of hydrogen-bond acceptors (Lipinski definition) is 3. The number of allylic oxidation sites excluding steroid dienone is 2. The van der Waals surface area contributed by atoms with Crippen molar-refractivity contribution in [3.05, 3.63) is 83.1 Å². The quantitative estimate of drug-likeness (QED) is 0.782. The van der Waals surface area contributed by atoms with Crippen molar-refractivity contribution in [1.29, 1.82) is 0 Å². The molecule has 1 aliphatic carbocycles. The maximum Gasteiger partial charge on any atom is 0.318 e. The lowest BCUT2D eigenvalue weighted by Crippen LogP contribution is -2.29. The van der Waals surface area contributed by atoms with Gasteiger partial charge in [0.1, 0.15) is 5.76 Å². The van der Waals surface area contributed by atoms with Crippen molar-refractivity contribution in [2.75, 3.05) is 0 Å². The first-order valence-electron chi connectivity index (χ1n) is 8.29. The molecule has 1 heterocycles. The fourth-order valence-electron chi connectivity index (χ4n) is 3.63. The summed E-state index contributed by atoms with van der Waals surface area (Å²) in [5.41, 5.74) is 2.74. The zero-order chi connectivity index (χ0) is 16.5. The third-order valence-electron chi connectivity index (χ3n) is 4.93. The number of hydrogen-bond donors (Lipinski definition) is 0. The van der Waals surface area contributed by atoms with Crippen LogP contribution in [0.15, 0.2) is 72.0 Å². The van der Waals surface area contributed by atoms with Gasteiger partial charge in [0.15, 0.2) is 5.78 Å². The van der Waals surface area contributed by atoms with Crippen molar-refractivity contribution in [3.63, 3.8) is 0 Å². The molecule has 0 radical (unpaired) electrons. The van der Waals surface area contributed by atoms with Gasteiger partial charge in [0, 0.05) is 18.4 Å². The van der Waals surface area contributed by atoms with E-state index in [1.54, 1.807) is 0 Å². The summed E-state index contributed by atoms with van der Waals surface area (Å²) in [4.78, 5) is 25.1. The number of ketones is 1. The van der Waals surface area contributed by atoms with Crippen molar-refractivity contribution in [2.45, 2.75) is 31.1 Å². The first-order valence-corrected chi connectivity index (χ1v) is 8.29. The van der Waals surface area contributed by atoms with E-state index in [2.05, 4.69) is 0 Å². The number of rotatable bonds is 2. The lowest BCUT2D eigenvalue weighted by Gasteiger charge is -2.32. The molecule has 2 aromatic carbocycles. The summed E-state index contributed by atoms with van der Waals surface area (Å²) in [5, 5.41) is 0. The maximum absolute atomic E-state index is 12.6. The average Bonchev–Trinajstić information content (AvgIpc) is 2.62. The zero-order valence-electron chi connectivity index (χ0n) is 13.3. The minimum Gasteiger partial charge on any atom is -0.430 e. The monoisotopic (exact) mass is 318 g/mol. The average molecular weight is 318 g/mol. The summed E-state index contributed by atoms with van der Waals surface area (Å²) in [6.45, 7) is 0. The van der Waals surface area contributed by atoms with Crippen molar-refractivity contribution in [2.24, 2.45) is 0 Å². The van der Waals surface area contributed by atoms with Gasteiger partial charge in [0.2, 0.25) is 0 Å². The first kappa shape index (κ1) is 14.9. The Bertz CT molecular complexity index is 805. The number of ether oxygens (including phenoxy) is 1. The van der Waals surface area contributed by atoms with Crippen LogP contribution in [0.5, 0.6) is 0 Å². The van der Waals surface area contributed by atoms with Crippen LogP contribution in [0.4, 0.5) is 0 Å². The van der Waals surface area contributed by atoms with Gasteiger partial charge in [-0.25, -0.2) is 0 Å². The van der Waals surface area contributed by atoms with E-state index in [0.717, 1.165) is 11.1 Å². The van der Waals surface area contributed by atoms with Crippen molar-refractivity contribution in [3.8, 4) is 0 Å². The second-order valence-electron chi connectivity index (χ2n) is 6.43. The van der Waals surface area contributed by atoms with Crippen LogP contribution in [0.1, 0.15) is 42.2 Å². The van der Waals surface area contributed by atoms with Gasteiger partial charge >= 0.3 is 5.97 Å². The summed E-state index contributed by atoms with van der Waals surface area (Å²) in [6, 6.07) is 19.5. The first-order chi connectivity index (χ1) is 11.7. The van der Waals surface area contributed by atoms with E-state index in [0.29, 0.717) is 30.6 Å². The standard InChI is InChI=1S/C21H18O3/c22-19-11-16(14-7-3-1-4-8-14)12-20-18(19)13-17(21(23)24-20)15-9-5-2-6-10-15/h1-10,16-17H,11-13H2. The number of Topliss-reactive ketones (excluding diaryl/α,β-unsaturated/α-hetero) is 1. The minimum atomic E-state index is -0.373. The molecule has 1 aliphatic heterocycles. The Labute approximate surface area is 141 Å². The Hall–Kier alpha value is -2.68. The van der Waals surface area contributed by atoms with Crippen LogP contribution >= 0.6 is 0 Å². The lowest BCUT2D eigenvalue weighted by molar-refractivity contribution is -0.143. The Balaban J connectivity index is 1.62. The molecule has 2 unspecified atom stereocenters. The van der Waals surface area contributed by atoms with Crippen LogP contribution < -0.4 is 0 Å². The fourth-order valence-corrected chi connectivity index (χ4v) is 3.63. The van der Waals surface area contributed by atoms with Crippen LogP contribution in [-0.2, 0) is 14.3 Å². The van der Waals surface area contributed by atoms with Gasteiger partial charge in [-0.1, -0.05) is 60.7 Å². The van der Waals surface area contributed by atoms with E-state index < -0.39 is 0 Å². The van der Waals surface area contributed by atoms with E-state index in [4.69, 9.17) is 4.74 Å². The number of carbonyl (C=O) groups excluding carboxylic acids is 2. The summed E-state index contributed by atoms with van der Waals surface area (Å²) in [5.74, 6) is 0.165. The Morgan fingerprint density at radius 3 is 2.04 bits per heavy atom. The number of benzene rings is 2. The van der Waals surface area contributed by atoms with Crippen molar-refractivity contribution < 1.29 is 14.3 Å². The van der Waals surface area contributed by atoms with Crippen LogP contribution in [0, 0.1) is 0 Å². The molecule has 0 N–H and O–H groups in total. The summed E-state index contributed by atoms with van der Waals surface area (Å²) >= 11 is 0. The van der Waals surface area contributed by atoms with Crippen LogP contribution in [-0.4, -0.2) is 11.8 Å². The highest BCUT2D eigenvalue weighted by molar-refractivity contribution is 6.00. The highest BCUT2D eigenvalue weighted by Gasteiger charge is 2.38. The predicted octanol–water partition coefficient (Wildman–Crippen LogP) is 4.12. The maximum atomic E-state index is 12.6. The molecule has 0 amide bonds. The molecule has 0 saturated heterocycles. The lowest BCUT2D eigenvalue weighted by atomic mass is 9.78. The van der Waals surface area contributed by atoms with E-state index in [-0.39, 0.29) is 23.6 Å². The molecule has 24 heavy (non-hydrogen) atoms. The molecular formula is C21H18O3. The van der Waals surface area contributed by atoms with Gasteiger partial charge in [0.05, 0.1) is 5.92 Å². The van der Waals surface area contributed by atoms with Gasteiger partial charge in [-0.2, -0.15) is 0 Å². The zero-order valence-corrected chi connectivity index (χ0v) is 13.3. The van der Waals surface area contributed by atoms with E-state index in [1.807, 2.05) is 60.7 Å². The number of esters is 1. The van der Waals surface area contributed by atoms with Crippen LogP contribution in [0.25, 0.3) is 0 Å². The third-order valence-corrected chi connectivity index (χ3v) is 4.93. The molecule has 0 saturated carbocycles. The molecule has 2 atom stereocenters. The van der Waals surface area contributed by atoms with Gasteiger partial charge in [-0.15, -0.1) is 0 Å². The third kappa shape index (κ3) is 2.67. The minimum absolute atomic E-state index is 0.0959. The Morgan fingerprint density at radius 2 is 1.38 bits per heavy atom. The second kappa shape index (κ2) is 6.08. The molecule has 120 valence electrons. The number of carbonyl (C=O) groups is 2. The molecule has 3 nitrogen and oxygen atoms in total. The molecular weight excluding hydrogens is 300 g/mol. The van der Waals surface area contributed by atoms with E-state index in [1.165, 1.54) is 0 Å². The van der Waals surface area contributed by atoms with E-state index in [9.17, 15) is 9.59 Å².